The number of hydrogen-bond donors (Lipinski definition) is 1. The first-order chi connectivity index (χ1) is 9.16. The lowest BCUT2D eigenvalue weighted by Gasteiger charge is -2.20. The van der Waals surface area contributed by atoms with Crippen molar-refractivity contribution in [3.63, 3.8) is 0 Å². The van der Waals surface area contributed by atoms with Crippen LogP contribution in [-0.2, 0) is 9.53 Å². The van der Waals surface area contributed by atoms with E-state index >= 15 is 0 Å². The largest absolute Gasteiger partial charge is 0.484 e. The van der Waals surface area contributed by atoms with Gasteiger partial charge in [0.25, 0.3) is 5.91 Å². The van der Waals surface area contributed by atoms with Crippen LogP contribution in [0.25, 0.3) is 0 Å². The predicted octanol–water partition coefficient (Wildman–Crippen LogP) is 2.06. The molecule has 1 fully saturated rings. The lowest BCUT2D eigenvalue weighted by molar-refractivity contribution is -0.124. The van der Waals surface area contributed by atoms with Gasteiger partial charge in [0.05, 0.1) is 12.1 Å². The van der Waals surface area contributed by atoms with Crippen LogP contribution in [0.1, 0.15) is 25.3 Å². The van der Waals surface area contributed by atoms with Crippen molar-refractivity contribution < 1.29 is 14.3 Å². The van der Waals surface area contributed by atoms with Crippen molar-refractivity contribution in [3.05, 3.63) is 29.8 Å². The van der Waals surface area contributed by atoms with Crippen LogP contribution in [0, 0.1) is 6.92 Å². The predicted molar refractivity (Wildman–Crippen MR) is 73.3 cm³/mol. The molecule has 1 N–H and O–H groups in total. The quantitative estimate of drug-likeness (QED) is 0.884. The van der Waals surface area contributed by atoms with E-state index in [-0.39, 0.29) is 24.7 Å². The molecule has 2 atom stereocenters. The molecule has 104 valence electrons. The second kappa shape index (κ2) is 6.57. The van der Waals surface area contributed by atoms with Crippen LogP contribution >= 0.6 is 0 Å². The van der Waals surface area contributed by atoms with Crippen molar-refractivity contribution in [3.8, 4) is 5.75 Å². The van der Waals surface area contributed by atoms with E-state index in [0.717, 1.165) is 30.8 Å². The summed E-state index contributed by atoms with van der Waals surface area (Å²) in [7, 11) is 0. The summed E-state index contributed by atoms with van der Waals surface area (Å²) in [4.78, 5) is 11.8. The second-order valence-corrected chi connectivity index (χ2v) is 4.96. The van der Waals surface area contributed by atoms with E-state index in [0.29, 0.717) is 0 Å². The van der Waals surface area contributed by atoms with Crippen LogP contribution in [-0.4, -0.2) is 31.3 Å². The molecule has 1 amide bonds. The Balaban J connectivity index is 1.77. The minimum atomic E-state index is -0.105. The van der Waals surface area contributed by atoms with Crippen molar-refractivity contribution in [1.82, 2.24) is 5.32 Å². The summed E-state index contributed by atoms with van der Waals surface area (Å²) in [5, 5.41) is 2.92. The van der Waals surface area contributed by atoms with Gasteiger partial charge < -0.3 is 14.8 Å². The van der Waals surface area contributed by atoms with E-state index in [9.17, 15) is 4.79 Å². The van der Waals surface area contributed by atoms with Gasteiger partial charge in [0.1, 0.15) is 5.75 Å². The maximum Gasteiger partial charge on any atom is 0.258 e. The molecule has 4 nitrogen and oxygen atoms in total. The number of para-hydroxylation sites is 1. The van der Waals surface area contributed by atoms with Crippen molar-refractivity contribution in [1.29, 1.82) is 0 Å². The van der Waals surface area contributed by atoms with E-state index in [1.54, 1.807) is 0 Å². The van der Waals surface area contributed by atoms with Crippen LogP contribution < -0.4 is 10.1 Å². The van der Waals surface area contributed by atoms with Gasteiger partial charge in [-0.1, -0.05) is 18.2 Å². The number of rotatable bonds is 5. The minimum absolute atomic E-state index is 0.0375. The Hall–Kier alpha value is -1.55. The molecule has 1 heterocycles. The molecule has 0 saturated carbocycles. The zero-order valence-electron chi connectivity index (χ0n) is 11.5. The molecule has 1 aliphatic heterocycles. The number of amides is 1. The third kappa shape index (κ3) is 3.96. The summed E-state index contributed by atoms with van der Waals surface area (Å²) < 4.78 is 11.1. The number of carbonyl (C=O) groups is 1. The average Bonchev–Trinajstić information content (AvgIpc) is 2.91. The second-order valence-electron chi connectivity index (χ2n) is 4.96. The van der Waals surface area contributed by atoms with Crippen LogP contribution in [0.15, 0.2) is 24.3 Å². The molecule has 19 heavy (non-hydrogen) atoms. The van der Waals surface area contributed by atoms with Crippen LogP contribution in [0.2, 0.25) is 0 Å². The molecule has 1 aliphatic rings. The van der Waals surface area contributed by atoms with E-state index in [4.69, 9.17) is 9.47 Å². The lowest BCUT2D eigenvalue weighted by Crippen LogP contribution is -2.42. The molecule has 1 aromatic carbocycles. The summed E-state index contributed by atoms with van der Waals surface area (Å²) >= 11 is 0. The molecular formula is C15H21NO3. The molecule has 0 unspecified atom stereocenters. The highest BCUT2D eigenvalue weighted by molar-refractivity contribution is 5.77. The zero-order chi connectivity index (χ0) is 13.7. The molecule has 0 spiro atoms. The van der Waals surface area contributed by atoms with Gasteiger partial charge in [0, 0.05) is 6.61 Å². The SMILES string of the molecule is Cc1ccccc1OCC(=O)N[C@@H](C)[C@@H]1CCCO1. The molecular weight excluding hydrogens is 242 g/mol. The van der Waals surface area contributed by atoms with Gasteiger partial charge in [0.15, 0.2) is 6.61 Å². The molecule has 0 aromatic heterocycles. The van der Waals surface area contributed by atoms with Gasteiger partial charge in [0.2, 0.25) is 0 Å². The Morgan fingerprint density at radius 3 is 3.00 bits per heavy atom. The first kappa shape index (κ1) is 13.9. The molecule has 0 radical (unpaired) electrons. The highest BCUT2D eigenvalue weighted by Gasteiger charge is 2.23. The lowest BCUT2D eigenvalue weighted by atomic mass is 10.1. The Morgan fingerprint density at radius 1 is 1.53 bits per heavy atom. The van der Waals surface area contributed by atoms with Crippen molar-refractivity contribution >= 4 is 5.91 Å². The van der Waals surface area contributed by atoms with Gasteiger partial charge in [-0.2, -0.15) is 0 Å². The minimum Gasteiger partial charge on any atom is -0.484 e. The molecule has 0 bridgehead atoms. The summed E-state index contributed by atoms with van der Waals surface area (Å²) in [6, 6.07) is 7.71. The van der Waals surface area contributed by atoms with Crippen molar-refractivity contribution in [2.75, 3.05) is 13.2 Å². The highest BCUT2D eigenvalue weighted by atomic mass is 16.5. The first-order valence-electron chi connectivity index (χ1n) is 6.76. The van der Waals surface area contributed by atoms with Gasteiger partial charge in [-0.3, -0.25) is 4.79 Å². The number of hydrogen-bond acceptors (Lipinski definition) is 3. The molecule has 4 heteroatoms. The zero-order valence-corrected chi connectivity index (χ0v) is 11.5. The van der Waals surface area contributed by atoms with E-state index < -0.39 is 0 Å². The van der Waals surface area contributed by atoms with Crippen molar-refractivity contribution in [2.24, 2.45) is 0 Å². The summed E-state index contributed by atoms with van der Waals surface area (Å²) in [5.74, 6) is 0.647. The summed E-state index contributed by atoms with van der Waals surface area (Å²) in [5.41, 5.74) is 1.03. The monoisotopic (exact) mass is 263 g/mol. The number of benzene rings is 1. The fourth-order valence-electron chi connectivity index (χ4n) is 2.25. The van der Waals surface area contributed by atoms with E-state index in [2.05, 4.69) is 5.32 Å². The van der Waals surface area contributed by atoms with Gasteiger partial charge in [-0.15, -0.1) is 0 Å². The Bertz CT molecular complexity index is 427. The molecule has 0 aliphatic carbocycles. The van der Waals surface area contributed by atoms with E-state index in [1.807, 2.05) is 38.1 Å². The third-order valence-corrected chi connectivity index (χ3v) is 3.36. The number of ether oxygens (including phenoxy) is 2. The molecule has 1 saturated heterocycles. The maximum absolute atomic E-state index is 11.8. The topological polar surface area (TPSA) is 47.6 Å². The smallest absolute Gasteiger partial charge is 0.258 e. The normalized spacial score (nSPS) is 20.0. The number of carbonyl (C=O) groups excluding carboxylic acids is 1. The van der Waals surface area contributed by atoms with Gasteiger partial charge >= 0.3 is 0 Å². The first-order valence-corrected chi connectivity index (χ1v) is 6.76. The standard InChI is InChI=1S/C15H21NO3/c1-11-6-3-4-7-13(11)19-10-15(17)16-12(2)14-8-5-9-18-14/h3-4,6-7,12,14H,5,8-10H2,1-2H3,(H,16,17)/t12-,14-/m0/s1. The fraction of sp³-hybridized carbons (Fsp3) is 0.533. The summed E-state index contributed by atoms with van der Waals surface area (Å²) in [6.07, 6.45) is 2.23. The number of nitrogens with one attached hydrogen (secondary N) is 1. The molecule has 1 aromatic rings. The van der Waals surface area contributed by atoms with Crippen molar-refractivity contribution in [2.45, 2.75) is 38.8 Å². The average molecular weight is 263 g/mol. The van der Waals surface area contributed by atoms with Crippen LogP contribution in [0.5, 0.6) is 5.75 Å². The third-order valence-electron chi connectivity index (χ3n) is 3.36. The van der Waals surface area contributed by atoms with Crippen LogP contribution in [0.4, 0.5) is 0 Å². The van der Waals surface area contributed by atoms with Crippen LogP contribution in [0.3, 0.4) is 0 Å². The Labute approximate surface area is 114 Å². The summed E-state index contributed by atoms with van der Waals surface area (Å²) in [6.45, 7) is 4.77. The molecule has 2 rings (SSSR count). The van der Waals surface area contributed by atoms with Gasteiger partial charge in [-0.05, 0) is 38.3 Å². The van der Waals surface area contributed by atoms with Gasteiger partial charge in [-0.25, -0.2) is 0 Å². The Morgan fingerprint density at radius 2 is 2.32 bits per heavy atom. The van der Waals surface area contributed by atoms with E-state index in [1.165, 1.54) is 0 Å². The highest BCUT2D eigenvalue weighted by Crippen LogP contribution is 2.17. The Kier molecular flexibility index (Phi) is 4.80. The number of aryl methyl sites for hydroxylation is 1. The fourth-order valence-corrected chi connectivity index (χ4v) is 2.25. The maximum atomic E-state index is 11.8.